The van der Waals surface area contributed by atoms with Gasteiger partial charge in [0.2, 0.25) is 0 Å². The predicted octanol–water partition coefficient (Wildman–Crippen LogP) is 2.23. The van der Waals surface area contributed by atoms with Crippen molar-refractivity contribution in [3.05, 3.63) is 48.4 Å². The summed E-state index contributed by atoms with van der Waals surface area (Å²) in [5, 5.41) is 22.0. The standard InChI is InChI=1S/C17H18IN5O2/c18-22-10-3-1-9(2-4-10)12-7-13(15(25)14(12)24)23-6-5-11-16(19)20-8-21-17(11)23/h1-6,8,12-15,22,24-25H,7H2,(H2,19,20,21)/t12-,13-,14-,15+/m1/s1. The minimum atomic E-state index is -0.876. The molecule has 7 nitrogen and oxygen atoms in total. The van der Waals surface area contributed by atoms with Crippen LogP contribution < -0.4 is 9.26 Å². The third-order valence-corrected chi connectivity index (χ3v) is 5.62. The first kappa shape index (κ1) is 16.6. The van der Waals surface area contributed by atoms with Crippen molar-refractivity contribution < 1.29 is 10.2 Å². The first-order valence-electron chi connectivity index (χ1n) is 8.00. The van der Waals surface area contributed by atoms with Gasteiger partial charge in [-0.05, 0) is 30.2 Å². The van der Waals surface area contributed by atoms with Gasteiger partial charge in [0.15, 0.2) is 0 Å². The molecule has 25 heavy (non-hydrogen) atoms. The highest BCUT2D eigenvalue weighted by atomic mass is 127. The van der Waals surface area contributed by atoms with E-state index in [4.69, 9.17) is 5.73 Å². The van der Waals surface area contributed by atoms with E-state index in [9.17, 15) is 10.2 Å². The van der Waals surface area contributed by atoms with Gasteiger partial charge in [0.1, 0.15) is 23.9 Å². The quantitative estimate of drug-likeness (QED) is 0.359. The molecule has 0 amide bonds. The molecule has 8 heteroatoms. The summed E-state index contributed by atoms with van der Waals surface area (Å²) in [6, 6.07) is 9.47. The van der Waals surface area contributed by atoms with Gasteiger partial charge in [-0.15, -0.1) is 0 Å². The molecular weight excluding hydrogens is 433 g/mol. The Morgan fingerprint density at radius 1 is 1.12 bits per heavy atom. The van der Waals surface area contributed by atoms with Crippen LogP contribution in [0.5, 0.6) is 0 Å². The Hall–Kier alpha value is -1.91. The number of fused-ring (bicyclic) bond motifs is 1. The van der Waals surface area contributed by atoms with Gasteiger partial charge < -0.3 is 24.0 Å². The van der Waals surface area contributed by atoms with E-state index in [-0.39, 0.29) is 12.0 Å². The summed E-state index contributed by atoms with van der Waals surface area (Å²) in [5.74, 6) is 0.273. The average Bonchev–Trinajstić information content (AvgIpc) is 3.18. The van der Waals surface area contributed by atoms with Crippen LogP contribution in [0.4, 0.5) is 11.5 Å². The largest absolute Gasteiger partial charge is 0.390 e. The molecule has 3 aromatic rings. The van der Waals surface area contributed by atoms with E-state index in [1.54, 1.807) is 0 Å². The Balaban J connectivity index is 1.68. The van der Waals surface area contributed by atoms with Crippen LogP contribution >= 0.6 is 22.9 Å². The highest BCUT2D eigenvalue weighted by molar-refractivity contribution is 14.1. The summed E-state index contributed by atoms with van der Waals surface area (Å²) in [7, 11) is 0. The molecule has 0 radical (unpaired) electrons. The molecule has 1 aromatic carbocycles. The van der Waals surface area contributed by atoms with Crippen LogP contribution in [-0.2, 0) is 0 Å². The first-order chi connectivity index (χ1) is 12.1. The van der Waals surface area contributed by atoms with E-state index in [0.29, 0.717) is 17.9 Å². The molecule has 0 unspecified atom stereocenters. The zero-order chi connectivity index (χ0) is 17.6. The van der Waals surface area contributed by atoms with Gasteiger partial charge in [0, 0.05) is 17.8 Å². The number of halogens is 1. The Kier molecular flexibility index (Phi) is 4.26. The molecule has 0 bridgehead atoms. The van der Waals surface area contributed by atoms with Crippen LogP contribution in [0.15, 0.2) is 42.9 Å². The van der Waals surface area contributed by atoms with Crippen LogP contribution in [0.3, 0.4) is 0 Å². The first-order valence-corrected chi connectivity index (χ1v) is 9.07. The zero-order valence-corrected chi connectivity index (χ0v) is 15.4. The number of hydrogen-bond acceptors (Lipinski definition) is 6. The van der Waals surface area contributed by atoms with E-state index in [1.807, 2.05) is 41.1 Å². The summed E-state index contributed by atoms with van der Waals surface area (Å²) in [6.45, 7) is 0. The maximum absolute atomic E-state index is 10.6. The van der Waals surface area contributed by atoms with Crippen molar-refractivity contribution in [1.82, 2.24) is 14.5 Å². The lowest BCUT2D eigenvalue weighted by Crippen LogP contribution is -2.28. The second-order valence-corrected chi connectivity index (χ2v) is 6.87. The number of aromatic nitrogens is 3. The summed E-state index contributed by atoms with van der Waals surface area (Å²) in [6.07, 6.45) is 2.17. The second-order valence-electron chi connectivity index (χ2n) is 6.33. The number of rotatable bonds is 3. The van der Waals surface area contributed by atoms with Crippen LogP contribution in [0.2, 0.25) is 0 Å². The topological polar surface area (TPSA) is 109 Å². The summed E-state index contributed by atoms with van der Waals surface area (Å²) < 4.78 is 4.94. The molecular formula is C17H18IN5O2. The van der Waals surface area contributed by atoms with Gasteiger partial charge in [-0.2, -0.15) is 0 Å². The lowest BCUT2D eigenvalue weighted by Gasteiger charge is -2.19. The van der Waals surface area contributed by atoms with Crippen LogP contribution in [0.25, 0.3) is 11.0 Å². The van der Waals surface area contributed by atoms with E-state index in [1.165, 1.54) is 6.33 Å². The maximum Gasteiger partial charge on any atom is 0.145 e. The van der Waals surface area contributed by atoms with E-state index in [2.05, 4.69) is 36.4 Å². The Labute approximate surface area is 158 Å². The second kappa shape index (κ2) is 6.43. The number of benzene rings is 1. The Morgan fingerprint density at radius 2 is 1.88 bits per heavy atom. The molecule has 0 spiro atoms. The number of nitrogens with two attached hydrogens (primary N) is 1. The molecule has 130 valence electrons. The van der Waals surface area contributed by atoms with Crippen molar-refractivity contribution in [3.8, 4) is 0 Å². The number of anilines is 2. The fraction of sp³-hybridized carbons (Fsp3) is 0.294. The van der Waals surface area contributed by atoms with Crippen molar-refractivity contribution in [2.75, 3.05) is 9.26 Å². The monoisotopic (exact) mass is 451 g/mol. The molecule has 0 saturated heterocycles. The highest BCUT2D eigenvalue weighted by Crippen LogP contribution is 2.43. The number of nitrogen functional groups attached to an aromatic ring is 1. The maximum atomic E-state index is 10.6. The molecule has 1 saturated carbocycles. The third kappa shape index (κ3) is 2.74. The molecule has 4 rings (SSSR count). The molecule has 2 aromatic heterocycles. The summed E-state index contributed by atoms with van der Waals surface area (Å²) in [5.41, 5.74) is 8.57. The molecule has 1 aliphatic rings. The minimum absolute atomic E-state index is 0.139. The predicted molar refractivity (Wildman–Crippen MR) is 104 cm³/mol. The van der Waals surface area contributed by atoms with Crippen LogP contribution in [0, 0.1) is 0 Å². The molecule has 1 fully saturated rings. The van der Waals surface area contributed by atoms with Crippen LogP contribution in [-0.4, -0.2) is 37.0 Å². The van der Waals surface area contributed by atoms with Crippen molar-refractivity contribution >= 4 is 45.4 Å². The van der Waals surface area contributed by atoms with Gasteiger partial charge >= 0.3 is 0 Å². The van der Waals surface area contributed by atoms with Gasteiger partial charge in [-0.25, -0.2) is 9.97 Å². The normalized spacial score (nSPS) is 26.2. The molecule has 4 atom stereocenters. The number of nitrogens with one attached hydrogen (secondary N) is 1. The Morgan fingerprint density at radius 3 is 2.60 bits per heavy atom. The zero-order valence-electron chi connectivity index (χ0n) is 13.2. The molecule has 2 heterocycles. The lowest BCUT2D eigenvalue weighted by atomic mass is 9.95. The summed E-state index contributed by atoms with van der Waals surface area (Å²) in [4.78, 5) is 8.29. The van der Waals surface area contributed by atoms with E-state index >= 15 is 0 Å². The number of nitrogens with zero attached hydrogens (tertiary/aromatic N) is 3. The SMILES string of the molecule is Nc1ncnc2c1ccn2[C@@H]1C[C@H](c2ccc(NI)cc2)[C@@H](O)[C@H]1O. The van der Waals surface area contributed by atoms with Crippen molar-refractivity contribution in [2.24, 2.45) is 0 Å². The Bertz CT molecular complexity index is 898. The number of aliphatic hydroxyl groups is 2. The van der Waals surface area contributed by atoms with Crippen molar-refractivity contribution in [3.63, 3.8) is 0 Å². The van der Waals surface area contributed by atoms with Gasteiger partial charge in [0.05, 0.1) is 40.4 Å². The van der Waals surface area contributed by atoms with Gasteiger partial charge in [-0.3, -0.25) is 0 Å². The minimum Gasteiger partial charge on any atom is -0.390 e. The number of aliphatic hydroxyl groups excluding tert-OH is 2. The molecule has 5 N–H and O–H groups in total. The summed E-state index contributed by atoms with van der Waals surface area (Å²) >= 11 is 2.08. The fourth-order valence-corrected chi connectivity index (χ4v) is 4.03. The van der Waals surface area contributed by atoms with Crippen molar-refractivity contribution in [2.45, 2.75) is 30.6 Å². The van der Waals surface area contributed by atoms with E-state index in [0.717, 1.165) is 16.6 Å². The van der Waals surface area contributed by atoms with Crippen molar-refractivity contribution in [1.29, 1.82) is 0 Å². The fourth-order valence-electron chi connectivity index (χ4n) is 3.67. The smallest absolute Gasteiger partial charge is 0.145 e. The highest BCUT2D eigenvalue weighted by Gasteiger charge is 2.43. The van der Waals surface area contributed by atoms with Gasteiger partial charge in [0.25, 0.3) is 0 Å². The number of hydrogen-bond donors (Lipinski definition) is 4. The lowest BCUT2D eigenvalue weighted by molar-refractivity contribution is 0.0179. The van der Waals surface area contributed by atoms with E-state index < -0.39 is 12.2 Å². The van der Waals surface area contributed by atoms with Crippen LogP contribution in [0.1, 0.15) is 23.9 Å². The third-order valence-electron chi connectivity index (χ3n) is 5.00. The average molecular weight is 451 g/mol. The van der Waals surface area contributed by atoms with Gasteiger partial charge in [-0.1, -0.05) is 12.1 Å². The molecule has 0 aliphatic heterocycles. The molecule has 1 aliphatic carbocycles.